The van der Waals surface area contributed by atoms with Gasteiger partial charge in [-0.2, -0.15) is 0 Å². The number of anilines is 1. The van der Waals surface area contributed by atoms with E-state index in [0.717, 1.165) is 12.0 Å². The largest absolute Gasteiger partial charge is 0.474 e. The number of halogens is 1. The summed E-state index contributed by atoms with van der Waals surface area (Å²) in [6, 6.07) is 13.7. The molecule has 0 radical (unpaired) electrons. The zero-order valence-corrected chi connectivity index (χ0v) is 15.8. The molecule has 6 heteroatoms. The smallest absolute Gasteiger partial charge is 0.257 e. The maximum atomic E-state index is 13.3. The number of fused-ring (bicyclic) bond motifs is 3. The molecule has 0 spiro atoms. The minimum absolute atomic E-state index is 0.0151. The summed E-state index contributed by atoms with van der Waals surface area (Å²) in [5.41, 5.74) is 4.03. The number of ether oxygens (including phenoxy) is 1. The summed E-state index contributed by atoms with van der Waals surface area (Å²) >= 11 is 0. The van der Waals surface area contributed by atoms with Crippen molar-refractivity contribution in [1.29, 1.82) is 0 Å². The third-order valence-corrected chi connectivity index (χ3v) is 5.82. The van der Waals surface area contributed by atoms with Crippen molar-refractivity contribution in [2.45, 2.75) is 25.6 Å². The standard InChI is InChI=1S/C23H19FN2O3/c1-13-10-20(26(23(13)28)16-8-6-15(24)7-9-16)29-12-19-18-11-14-4-2-3-5-17(14)21(18)25-22(19)27/h2-10,12,18,20-21H,11H2,1H3,(H,25,27)/b19-12+. The number of rotatable bonds is 3. The minimum atomic E-state index is -0.684. The van der Waals surface area contributed by atoms with Crippen LogP contribution < -0.4 is 10.2 Å². The van der Waals surface area contributed by atoms with Crippen molar-refractivity contribution >= 4 is 17.5 Å². The minimum Gasteiger partial charge on any atom is -0.474 e. The number of benzene rings is 2. The Morgan fingerprint density at radius 3 is 2.69 bits per heavy atom. The zero-order valence-electron chi connectivity index (χ0n) is 15.8. The molecule has 3 unspecified atom stereocenters. The van der Waals surface area contributed by atoms with Crippen LogP contribution in [0, 0.1) is 11.7 Å². The van der Waals surface area contributed by atoms with Crippen molar-refractivity contribution < 1.29 is 18.7 Å². The van der Waals surface area contributed by atoms with Crippen LogP contribution in [0.2, 0.25) is 0 Å². The molecule has 2 aromatic carbocycles. The van der Waals surface area contributed by atoms with Crippen LogP contribution in [0.25, 0.3) is 0 Å². The predicted molar refractivity (Wildman–Crippen MR) is 105 cm³/mol. The molecule has 1 saturated heterocycles. The van der Waals surface area contributed by atoms with E-state index in [-0.39, 0.29) is 29.6 Å². The molecule has 5 rings (SSSR count). The van der Waals surface area contributed by atoms with Gasteiger partial charge in [-0.1, -0.05) is 24.3 Å². The number of hydrogen-bond donors (Lipinski definition) is 1. The normalized spacial score (nSPS) is 26.4. The fourth-order valence-corrected chi connectivity index (χ4v) is 4.37. The highest BCUT2D eigenvalue weighted by Gasteiger charge is 2.44. The second-order valence-electron chi connectivity index (χ2n) is 7.56. The highest BCUT2D eigenvalue weighted by atomic mass is 19.1. The first-order valence-electron chi connectivity index (χ1n) is 9.54. The average Bonchev–Trinajstić information content (AvgIpc) is 3.31. The zero-order chi connectivity index (χ0) is 20.1. The quantitative estimate of drug-likeness (QED) is 0.646. The first-order valence-corrected chi connectivity index (χ1v) is 9.54. The molecular weight excluding hydrogens is 371 g/mol. The fraction of sp³-hybridized carbons (Fsp3) is 0.217. The summed E-state index contributed by atoms with van der Waals surface area (Å²) < 4.78 is 19.2. The molecule has 29 heavy (non-hydrogen) atoms. The summed E-state index contributed by atoms with van der Waals surface area (Å²) in [6.45, 7) is 1.71. The van der Waals surface area contributed by atoms with Gasteiger partial charge in [0.25, 0.3) is 11.8 Å². The predicted octanol–water partition coefficient (Wildman–Crippen LogP) is 3.39. The molecule has 5 nitrogen and oxygen atoms in total. The molecule has 2 amide bonds. The van der Waals surface area contributed by atoms with Crippen molar-refractivity contribution in [3.8, 4) is 0 Å². The van der Waals surface area contributed by atoms with E-state index in [1.165, 1.54) is 41.0 Å². The molecule has 146 valence electrons. The van der Waals surface area contributed by atoms with Gasteiger partial charge in [0.05, 0.1) is 17.9 Å². The van der Waals surface area contributed by atoms with Gasteiger partial charge in [-0.3, -0.25) is 14.5 Å². The van der Waals surface area contributed by atoms with Crippen molar-refractivity contribution in [3.05, 3.63) is 89.0 Å². The Morgan fingerprint density at radius 2 is 1.90 bits per heavy atom. The molecule has 3 atom stereocenters. The van der Waals surface area contributed by atoms with Gasteiger partial charge < -0.3 is 10.1 Å². The van der Waals surface area contributed by atoms with Crippen LogP contribution in [0.4, 0.5) is 10.1 Å². The monoisotopic (exact) mass is 390 g/mol. The van der Waals surface area contributed by atoms with Crippen LogP contribution in [-0.2, 0) is 20.7 Å². The maximum Gasteiger partial charge on any atom is 0.257 e. The molecule has 1 N–H and O–H groups in total. The molecule has 3 aliphatic rings. The molecule has 0 saturated carbocycles. The second kappa shape index (κ2) is 6.58. The van der Waals surface area contributed by atoms with Crippen LogP contribution in [0.3, 0.4) is 0 Å². The van der Waals surface area contributed by atoms with Gasteiger partial charge in [-0.25, -0.2) is 4.39 Å². The SMILES string of the molecule is CC1=CC(O/C=C2/C(=O)NC3c4ccccc4CC23)N(c2ccc(F)cc2)C1=O. The van der Waals surface area contributed by atoms with Gasteiger partial charge in [0.15, 0.2) is 6.23 Å². The van der Waals surface area contributed by atoms with Crippen molar-refractivity contribution in [2.24, 2.45) is 5.92 Å². The Hall–Kier alpha value is -3.41. The summed E-state index contributed by atoms with van der Waals surface area (Å²) in [4.78, 5) is 26.6. The molecular formula is C23H19FN2O3. The molecule has 0 aromatic heterocycles. The third kappa shape index (κ3) is 2.83. The van der Waals surface area contributed by atoms with Gasteiger partial charge >= 0.3 is 0 Å². The Labute approximate surface area is 167 Å². The average molecular weight is 390 g/mol. The van der Waals surface area contributed by atoms with Crippen molar-refractivity contribution in [1.82, 2.24) is 5.32 Å². The summed E-state index contributed by atoms with van der Waals surface area (Å²) in [5, 5.41) is 3.04. The lowest BCUT2D eigenvalue weighted by molar-refractivity contribution is -0.116. The van der Waals surface area contributed by atoms with E-state index in [9.17, 15) is 14.0 Å². The lowest BCUT2D eigenvalue weighted by Crippen LogP contribution is -2.35. The summed E-state index contributed by atoms with van der Waals surface area (Å²) in [7, 11) is 0. The van der Waals surface area contributed by atoms with E-state index >= 15 is 0 Å². The topological polar surface area (TPSA) is 58.6 Å². The third-order valence-electron chi connectivity index (χ3n) is 5.82. The van der Waals surface area contributed by atoms with Crippen LogP contribution in [0.5, 0.6) is 0 Å². The Kier molecular flexibility index (Phi) is 4.01. The van der Waals surface area contributed by atoms with Gasteiger partial charge in [0.2, 0.25) is 0 Å². The summed E-state index contributed by atoms with van der Waals surface area (Å²) in [5.74, 6) is -0.713. The number of nitrogens with one attached hydrogen (secondary N) is 1. The first kappa shape index (κ1) is 17.7. The van der Waals surface area contributed by atoms with Crippen molar-refractivity contribution in [2.75, 3.05) is 4.90 Å². The molecule has 2 aliphatic heterocycles. The van der Waals surface area contributed by atoms with Crippen LogP contribution in [-0.4, -0.2) is 18.0 Å². The number of amides is 2. The Morgan fingerprint density at radius 1 is 1.14 bits per heavy atom. The van der Waals surface area contributed by atoms with Gasteiger partial charge in [-0.15, -0.1) is 0 Å². The van der Waals surface area contributed by atoms with E-state index in [1.807, 2.05) is 18.2 Å². The highest BCUT2D eigenvalue weighted by molar-refractivity contribution is 6.08. The molecule has 2 aromatic rings. The van der Waals surface area contributed by atoms with E-state index < -0.39 is 6.23 Å². The molecule has 1 aliphatic carbocycles. The van der Waals surface area contributed by atoms with Gasteiger partial charge in [0, 0.05) is 17.2 Å². The maximum absolute atomic E-state index is 13.3. The van der Waals surface area contributed by atoms with E-state index in [2.05, 4.69) is 11.4 Å². The lowest BCUT2D eigenvalue weighted by Gasteiger charge is -2.24. The fourth-order valence-electron chi connectivity index (χ4n) is 4.37. The van der Waals surface area contributed by atoms with E-state index in [0.29, 0.717) is 16.8 Å². The number of hydrogen-bond acceptors (Lipinski definition) is 3. The second-order valence-corrected chi connectivity index (χ2v) is 7.56. The van der Waals surface area contributed by atoms with E-state index in [1.54, 1.807) is 13.0 Å². The number of carbonyl (C=O) groups is 2. The number of carbonyl (C=O) groups excluding carboxylic acids is 2. The van der Waals surface area contributed by atoms with Crippen LogP contribution in [0.15, 0.2) is 72.0 Å². The van der Waals surface area contributed by atoms with Crippen LogP contribution in [0.1, 0.15) is 24.1 Å². The molecule has 0 bridgehead atoms. The van der Waals surface area contributed by atoms with E-state index in [4.69, 9.17) is 4.74 Å². The highest BCUT2D eigenvalue weighted by Crippen LogP contribution is 2.44. The number of nitrogens with zero attached hydrogens (tertiary/aromatic N) is 1. The van der Waals surface area contributed by atoms with Crippen molar-refractivity contribution in [3.63, 3.8) is 0 Å². The van der Waals surface area contributed by atoms with Gasteiger partial charge in [-0.05, 0) is 54.8 Å². The van der Waals surface area contributed by atoms with Gasteiger partial charge in [0.1, 0.15) is 5.82 Å². The first-order chi connectivity index (χ1) is 14.0. The Balaban J connectivity index is 1.41. The lowest BCUT2D eigenvalue weighted by atomic mass is 9.97. The molecule has 1 fully saturated rings. The van der Waals surface area contributed by atoms with Crippen LogP contribution >= 0.6 is 0 Å². The molecule has 2 heterocycles. The Bertz CT molecular complexity index is 1070. The summed E-state index contributed by atoms with van der Waals surface area (Å²) in [6.07, 6.45) is 3.28.